The average molecular weight is 317 g/mol. The Kier molecular flexibility index (Phi) is 4.32. The summed E-state index contributed by atoms with van der Waals surface area (Å²) >= 11 is 2.98. The summed E-state index contributed by atoms with van der Waals surface area (Å²) in [6.07, 6.45) is 3.01. The van der Waals surface area contributed by atoms with Crippen molar-refractivity contribution in [1.82, 2.24) is 10.4 Å². The van der Waals surface area contributed by atoms with Crippen LogP contribution in [0.1, 0.15) is 5.76 Å². The van der Waals surface area contributed by atoms with E-state index < -0.39 is 0 Å². The third-order valence-corrected chi connectivity index (χ3v) is 4.70. The number of amides is 1. The van der Waals surface area contributed by atoms with Gasteiger partial charge in [-0.1, -0.05) is 23.9 Å². The molecule has 21 heavy (non-hydrogen) atoms. The quantitative estimate of drug-likeness (QED) is 0.446. The molecule has 0 aliphatic heterocycles. The molecule has 1 aromatic carbocycles. The van der Waals surface area contributed by atoms with Gasteiger partial charge in [0, 0.05) is 0 Å². The van der Waals surface area contributed by atoms with E-state index in [9.17, 15) is 4.79 Å². The highest BCUT2D eigenvalue weighted by Gasteiger charge is 2.06. The number of carbonyl (C=O) groups is 1. The first-order valence-electron chi connectivity index (χ1n) is 6.15. The molecule has 1 amide bonds. The molecular weight excluding hydrogens is 306 g/mol. The van der Waals surface area contributed by atoms with E-state index in [-0.39, 0.29) is 11.7 Å². The van der Waals surface area contributed by atoms with Crippen molar-refractivity contribution in [1.29, 1.82) is 0 Å². The van der Waals surface area contributed by atoms with Crippen molar-refractivity contribution in [3.63, 3.8) is 0 Å². The van der Waals surface area contributed by atoms with E-state index in [1.165, 1.54) is 18.0 Å². The molecule has 0 spiro atoms. The van der Waals surface area contributed by atoms with Crippen LogP contribution in [0.3, 0.4) is 0 Å². The number of thiazole rings is 1. The Morgan fingerprint density at radius 2 is 2.29 bits per heavy atom. The van der Waals surface area contributed by atoms with Gasteiger partial charge in [0.25, 0.3) is 5.91 Å². The molecule has 3 rings (SSSR count). The predicted molar refractivity (Wildman–Crippen MR) is 84.8 cm³/mol. The van der Waals surface area contributed by atoms with Gasteiger partial charge in [0.2, 0.25) is 0 Å². The van der Waals surface area contributed by atoms with Gasteiger partial charge < -0.3 is 4.42 Å². The zero-order valence-electron chi connectivity index (χ0n) is 10.9. The standard InChI is InChI=1S/C14H11N3O2S2/c18-13(17-15-8-10-4-3-7-19-10)9-20-14-16-11-5-1-2-6-12(11)21-14/h1-8H,9H2,(H,17,18)/b15-8-. The van der Waals surface area contributed by atoms with E-state index in [0.717, 1.165) is 14.6 Å². The summed E-state index contributed by atoms with van der Waals surface area (Å²) in [5, 5.41) is 3.82. The first kappa shape index (κ1) is 13.8. The number of fused-ring (bicyclic) bond motifs is 1. The van der Waals surface area contributed by atoms with Gasteiger partial charge >= 0.3 is 0 Å². The number of aromatic nitrogens is 1. The molecule has 0 aliphatic rings. The summed E-state index contributed by atoms with van der Waals surface area (Å²) in [6.45, 7) is 0. The molecule has 7 heteroatoms. The molecule has 0 unspecified atom stereocenters. The highest BCUT2D eigenvalue weighted by atomic mass is 32.2. The topological polar surface area (TPSA) is 67.5 Å². The molecule has 0 radical (unpaired) electrons. The van der Waals surface area contributed by atoms with Crippen molar-refractivity contribution in [2.45, 2.75) is 4.34 Å². The summed E-state index contributed by atoms with van der Waals surface area (Å²) in [7, 11) is 0. The Bertz CT molecular complexity index is 732. The molecule has 0 saturated heterocycles. The van der Waals surface area contributed by atoms with E-state index in [2.05, 4.69) is 15.5 Å². The largest absolute Gasteiger partial charge is 0.463 e. The van der Waals surface area contributed by atoms with Crippen LogP contribution < -0.4 is 5.43 Å². The third kappa shape index (κ3) is 3.71. The number of nitrogens with one attached hydrogen (secondary N) is 1. The molecule has 5 nitrogen and oxygen atoms in total. The number of benzene rings is 1. The number of para-hydroxylation sites is 1. The van der Waals surface area contributed by atoms with Crippen molar-refractivity contribution in [2.24, 2.45) is 5.10 Å². The van der Waals surface area contributed by atoms with Crippen LogP contribution in [0.25, 0.3) is 10.2 Å². The lowest BCUT2D eigenvalue weighted by molar-refractivity contribution is -0.118. The van der Waals surface area contributed by atoms with Crippen LogP contribution in [0.4, 0.5) is 0 Å². The Labute approximate surface area is 129 Å². The zero-order valence-corrected chi connectivity index (χ0v) is 12.5. The number of nitrogens with zero attached hydrogens (tertiary/aromatic N) is 2. The normalized spacial score (nSPS) is 11.2. The lowest BCUT2D eigenvalue weighted by Crippen LogP contribution is -2.19. The molecule has 0 fully saturated rings. The number of thioether (sulfide) groups is 1. The summed E-state index contributed by atoms with van der Waals surface area (Å²) in [4.78, 5) is 16.1. The molecule has 0 atom stereocenters. The Balaban J connectivity index is 1.51. The number of rotatable bonds is 5. The fraction of sp³-hybridized carbons (Fsp3) is 0.0714. The van der Waals surface area contributed by atoms with Crippen LogP contribution in [-0.4, -0.2) is 22.9 Å². The maximum absolute atomic E-state index is 11.7. The van der Waals surface area contributed by atoms with Crippen molar-refractivity contribution in [2.75, 3.05) is 5.75 Å². The second-order valence-electron chi connectivity index (χ2n) is 4.04. The lowest BCUT2D eigenvalue weighted by Gasteiger charge is -1.96. The summed E-state index contributed by atoms with van der Waals surface area (Å²) in [6, 6.07) is 11.4. The van der Waals surface area contributed by atoms with Crippen molar-refractivity contribution in [3.8, 4) is 0 Å². The van der Waals surface area contributed by atoms with Gasteiger partial charge in [-0.15, -0.1) is 11.3 Å². The van der Waals surface area contributed by atoms with Crippen LogP contribution in [0, 0.1) is 0 Å². The van der Waals surface area contributed by atoms with Crippen LogP contribution in [0.15, 0.2) is 56.5 Å². The fourth-order valence-electron chi connectivity index (χ4n) is 1.60. The highest BCUT2D eigenvalue weighted by Crippen LogP contribution is 2.28. The zero-order chi connectivity index (χ0) is 14.5. The van der Waals surface area contributed by atoms with Gasteiger partial charge in [0.15, 0.2) is 4.34 Å². The number of hydrazone groups is 1. The lowest BCUT2D eigenvalue weighted by atomic mass is 10.3. The molecule has 2 aromatic heterocycles. The monoisotopic (exact) mass is 317 g/mol. The maximum atomic E-state index is 11.7. The third-order valence-electron chi connectivity index (χ3n) is 2.53. The molecule has 3 aromatic rings. The number of hydrogen-bond donors (Lipinski definition) is 1. The second kappa shape index (κ2) is 6.55. The van der Waals surface area contributed by atoms with Crippen LogP contribution in [0.5, 0.6) is 0 Å². The summed E-state index contributed by atoms with van der Waals surface area (Å²) < 4.78 is 7.06. The van der Waals surface area contributed by atoms with Crippen LogP contribution in [-0.2, 0) is 4.79 Å². The number of carbonyl (C=O) groups excluding carboxylic acids is 1. The Morgan fingerprint density at radius 3 is 3.10 bits per heavy atom. The smallest absolute Gasteiger partial charge is 0.250 e. The predicted octanol–water partition coefficient (Wildman–Crippen LogP) is 3.13. The molecule has 0 aliphatic carbocycles. The number of hydrogen-bond acceptors (Lipinski definition) is 6. The molecule has 106 valence electrons. The summed E-state index contributed by atoms with van der Waals surface area (Å²) in [5.74, 6) is 0.686. The van der Waals surface area contributed by atoms with Gasteiger partial charge in [-0.2, -0.15) is 5.10 Å². The number of furan rings is 1. The molecular formula is C14H11N3O2S2. The van der Waals surface area contributed by atoms with E-state index in [1.807, 2.05) is 24.3 Å². The molecule has 0 bridgehead atoms. The van der Waals surface area contributed by atoms with Gasteiger partial charge in [-0.3, -0.25) is 4.79 Å². The molecule has 0 saturated carbocycles. The second-order valence-corrected chi connectivity index (χ2v) is 6.30. The SMILES string of the molecule is O=C(CSc1nc2ccccc2s1)N/N=C\c1ccco1. The Hall–Kier alpha value is -2.12. The minimum atomic E-state index is -0.179. The van der Waals surface area contributed by atoms with Gasteiger partial charge in [-0.25, -0.2) is 10.4 Å². The average Bonchev–Trinajstić information content (AvgIpc) is 3.13. The van der Waals surface area contributed by atoms with E-state index in [0.29, 0.717) is 5.76 Å². The Morgan fingerprint density at radius 1 is 1.38 bits per heavy atom. The minimum Gasteiger partial charge on any atom is -0.463 e. The minimum absolute atomic E-state index is 0.179. The van der Waals surface area contributed by atoms with Gasteiger partial charge in [-0.05, 0) is 24.3 Å². The first-order valence-corrected chi connectivity index (χ1v) is 7.95. The van der Waals surface area contributed by atoms with E-state index >= 15 is 0 Å². The van der Waals surface area contributed by atoms with Crippen molar-refractivity contribution in [3.05, 3.63) is 48.4 Å². The van der Waals surface area contributed by atoms with Crippen molar-refractivity contribution < 1.29 is 9.21 Å². The molecule has 2 heterocycles. The van der Waals surface area contributed by atoms with Crippen LogP contribution in [0.2, 0.25) is 0 Å². The first-order chi connectivity index (χ1) is 10.3. The van der Waals surface area contributed by atoms with Crippen molar-refractivity contribution >= 4 is 45.4 Å². The van der Waals surface area contributed by atoms with Crippen LogP contribution >= 0.6 is 23.1 Å². The van der Waals surface area contributed by atoms with E-state index in [1.54, 1.807) is 29.7 Å². The fourth-order valence-corrected chi connectivity index (χ4v) is 3.47. The summed E-state index contributed by atoms with van der Waals surface area (Å²) in [5.41, 5.74) is 3.41. The van der Waals surface area contributed by atoms with Gasteiger partial charge in [0.1, 0.15) is 5.76 Å². The highest BCUT2D eigenvalue weighted by molar-refractivity contribution is 8.01. The maximum Gasteiger partial charge on any atom is 0.250 e. The van der Waals surface area contributed by atoms with Gasteiger partial charge in [0.05, 0.1) is 28.4 Å². The molecule has 1 N–H and O–H groups in total. The van der Waals surface area contributed by atoms with E-state index in [4.69, 9.17) is 4.42 Å².